The minimum Gasteiger partial charge on any atom is -0.480 e. The van der Waals surface area contributed by atoms with Crippen LogP contribution in [0.3, 0.4) is 0 Å². The van der Waals surface area contributed by atoms with Crippen LogP contribution in [0.15, 0.2) is 24.3 Å². The van der Waals surface area contributed by atoms with E-state index in [2.05, 4.69) is 4.84 Å². The van der Waals surface area contributed by atoms with E-state index in [1.54, 1.807) is 0 Å². The Morgan fingerprint density at radius 1 is 1.50 bits per heavy atom. The minimum absolute atomic E-state index is 0.0812. The Hall–Kier alpha value is -2.15. The van der Waals surface area contributed by atoms with Gasteiger partial charge in [0.25, 0.3) is 5.09 Å². The molecule has 0 fully saturated rings. The third-order valence-corrected chi connectivity index (χ3v) is 1.88. The molecule has 7 heteroatoms. The molecule has 0 saturated carbocycles. The van der Waals surface area contributed by atoms with Gasteiger partial charge in [0.2, 0.25) is 0 Å². The van der Waals surface area contributed by atoms with Crippen LogP contribution in [0, 0.1) is 10.1 Å². The Kier molecular flexibility index (Phi) is 3.78. The topological polar surface area (TPSA) is 116 Å². The number of hydrogen-bond acceptors (Lipinski definition) is 5. The molecule has 3 N–H and O–H groups in total. The maximum atomic E-state index is 10.5. The van der Waals surface area contributed by atoms with Crippen molar-refractivity contribution in [3.8, 4) is 5.75 Å². The highest BCUT2D eigenvalue weighted by Gasteiger charge is 2.11. The first-order valence-electron chi connectivity index (χ1n) is 4.38. The van der Waals surface area contributed by atoms with Crippen LogP contribution in [0.2, 0.25) is 0 Å². The molecule has 1 aromatic rings. The van der Waals surface area contributed by atoms with Gasteiger partial charge in [0.15, 0.2) is 0 Å². The van der Waals surface area contributed by atoms with Crippen LogP contribution in [0.4, 0.5) is 0 Å². The van der Waals surface area contributed by atoms with Crippen molar-refractivity contribution in [1.29, 1.82) is 0 Å². The Bertz CT molecular complexity index is 389. The third-order valence-electron chi connectivity index (χ3n) is 1.88. The van der Waals surface area contributed by atoms with Crippen molar-refractivity contribution in [1.82, 2.24) is 0 Å². The standard InChI is InChI=1S/C9H10N2O5/c10-8(9(12)13)5-6-1-3-7(4-2-6)16-11(14)15/h1-4,8H,5,10H2,(H,12,13)/t8-/m0/s1. The highest BCUT2D eigenvalue weighted by atomic mass is 17.0. The van der Waals surface area contributed by atoms with Crippen molar-refractivity contribution in [2.45, 2.75) is 12.5 Å². The molecule has 0 aliphatic carbocycles. The molecule has 7 nitrogen and oxygen atoms in total. The van der Waals surface area contributed by atoms with Crippen molar-refractivity contribution in [3.05, 3.63) is 39.9 Å². The largest absolute Gasteiger partial charge is 0.480 e. The molecule has 1 atom stereocenters. The molecule has 0 aliphatic heterocycles. The highest BCUT2D eigenvalue weighted by Crippen LogP contribution is 2.13. The van der Waals surface area contributed by atoms with Crippen LogP contribution < -0.4 is 10.6 Å². The quantitative estimate of drug-likeness (QED) is 0.547. The number of carbonyl (C=O) groups is 1. The predicted octanol–water partition coefficient (Wildman–Crippen LogP) is 0.212. The molecule has 0 aliphatic rings. The van der Waals surface area contributed by atoms with Crippen molar-refractivity contribution in [3.63, 3.8) is 0 Å². The molecule has 0 radical (unpaired) electrons. The lowest BCUT2D eigenvalue weighted by molar-refractivity contribution is -0.711. The van der Waals surface area contributed by atoms with E-state index in [0.717, 1.165) is 0 Å². The first kappa shape index (κ1) is 11.9. The molecule has 0 amide bonds. The molecule has 86 valence electrons. The van der Waals surface area contributed by atoms with E-state index >= 15 is 0 Å². The maximum Gasteiger partial charge on any atom is 0.320 e. The van der Waals surface area contributed by atoms with Crippen LogP contribution in [-0.2, 0) is 11.2 Å². The molecule has 0 bridgehead atoms. The summed E-state index contributed by atoms with van der Waals surface area (Å²) in [5.74, 6) is -1.01. The summed E-state index contributed by atoms with van der Waals surface area (Å²) in [5, 5.41) is 17.7. The molecule has 0 aromatic heterocycles. The second-order valence-electron chi connectivity index (χ2n) is 3.11. The molecule has 1 aromatic carbocycles. The molecule has 16 heavy (non-hydrogen) atoms. The molecular formula is C9H10N2O5. The fraction of sp³-hybridized carbons (Fsp3) is 0.222. The summed E-state index contributed by atoms with van der Waals surface area (Å²) < 4.78 is 0. The lowest BCUT2D eigenvalue weighted by atomic mass is 10.1. The zero-order valence-electron chi connectivity index (χ0n) is 8.20. The van der Waals surface area contributed by atoms with E-state index in [1.165, 1.54) is 24.3 Å². The van der Waals surface area contributed by atoms with Gasteiger partial charge in [-0.05, 0) is 24.1 Å². The first-order valence-corrected chi connectivity index (χ1v) is 4.38. The second kappa shape index (κ2) is 5.08. The average Bonchev–Trinajstić information content (AvgIpc) is 2.20. The lowest BCUT2D eigenvalue weighted by Gasteiger charge is -2.06. The fourth-order valence-corrected chi connectivity index (χ4v) is 1.11. The Morgan fingerprint density at radius 2 is 2.06 bits per heavy atom. The van der Waals surface area contributed by atoms with Crippen molar-refractivity contribution in [2.75, 3.05) is 0 Å². The number of nitrogens with two attached hydrogens (primary N) is 1. The number of nitrogens with zero attached hydrogens (tertiary/aromatic N) is 1. The number of aliphatic carboxylic acids is 1. The third kappa shape index (κ3) is 3.54. The maximum absolute atomic E-state index is 10.5. The zero-order valence-corrected chi connectivity index (χ0v) is 8.20. The Morgan fingerprint density at radius 3 is 2.50 bits per heavy atom. The van der Waals surface area contributed by atoms with Crippen molar-refractivity contribution in [2.24, 2.45) is 5.73 Å². The van der Waals surface area contributed by atoms with Gasteiger partial charge in [-0.15, -0.1) is 10.1 Å². The van der Waals surface area contributed by atoms with Crippen molar-refractivity contribution >= 4 is 5.97 Å². The van der Waals surface area contributed by atoms with Gasteiger partial charge < -0.3 is 10.8 Å². The summed E-state index contributed by atoms with van der Waals surface area (Å²) in [5.41, 5.74) is 6.00. The van der Waals surface area contributed by atoms with E-state index < -0.39 is 17.1 Å². The number of carboxylic acids is 1. The molecule has 0 saturated heterocycles. The first-order chi connectivity index (χ1) is 7.49. The second-order valence-corrected chi connectivity index (χ2v) is 3.11. The summed E-state index contributed by atoms with van der Waals surface area (Å²) in [6.45, 7) is 0. The van der Waals surface area contributed by atoms with Gasteiger partial charge in [0.1, 0.15) is 11.8 Å². The summed E-state index contributed by atoms with van der Waals surface area (Å²) >= 11 is 0. The molecule has 0 heterocycles. The predicted molar refractivity (Wildman–Crippen MR) is 53.4 cm³/mol. The summed E-state index contributed by atoms with van der Waals surface area (Å²) in [6.07, 6.45) is 0.161. The minimum atomic E-state index is -1.09. The molecule has 0 spiro atoms. The van der Waals surface area contributed by atoms with Crippen LogP contribution in [-0.4, -0.2) is 22.2 Å². The van der Waals surface area contributed by atoms with Crippen LogP contribution in [0.1, 0.15) is 5.56 Å². The number of rotatable bonds is 5. The lowest BCUT2D eigenvalue weighted by Crippen LogP contribution is -2.32. The van der Waals surface area contributed by atoms with E-state index in [1.807, 2.05) is 0 Å². The number of benzene rings is 1. The van der Waals surface area contributed by atoms with Crippen molar-refractivity contribution < 1.29 is 19.8 Å². The van der Waals surface area contributed by atoms with Gasteiger partial charge in [0.05, 0.1) is 0 Å². The smallest absolute Gasteiger partial charge is 0.320 e. The summed E-state index contributed by atoms with van der Waals surface area (Å²) in [4.78, 5) is 24.7. The van der Waals surface area contributed by atoms with Crippen LogP contribution in [0.25, 0.3) is 0 Å². The van der Waals surface area contributed by atoms with E-state index in [-0.39, 0.29) is 12.2 Å². The Balaban J connectivity index is 2.64. The average molecular weight is 226 g/mol. The molecule has 0 unspecified atom stereocenters. The van der Waals surface area contributed by atoms with Gasteiger partial charge in [-0.2, -0.15) is 0 Å². The van der Waals surface area contributed by atoms with Gasteiger partial charge in [-0.25, -0.2) is 0 Å². The van der Waals surface area contributed by atoms with Gasteiger partial charge in [-0.1, -0.05) is 12.1 Å². The van der Waals surface area contributed by atoms with Crippen LogP contribution >= 0.6 is 0 Å². The fourth-order valence-electron chi connectivity index (χ4n) is 1.11. The van der Waals surface area contributed by atoms with E-state index in [0.29, 0.717) is 5.56 Å². The van der Waals surface area contributed by atoms with Crippen LogP contribution in [0.5, 0.6) is 5.75 Å². The SMILES string of the molecule is N[C@@H](Cc1ccc(O[N+](=O)[O-])cc1)C(=O)O. The monoisotopic (exact) mass is 226 g/mol. The normalized spacial score (nSPS) is 11.8. The summed E-state index contributed by atoms with van der Waals surface area (Å²) in [6, 6.07) is 4.84. The highest BCUT2D eigenvalue weighted by molar-refractivity contribution is 5.73. The van der Waals surface area contributed by atoms with E-state index in [9.17, 15) is 14.9 Å². The number of carboxylic acid groups (broad SMARTS) is 1. The molecule has 1 rings (SSSR count). The Labute approximate surface area is 90.5 Å². The summed E-state index contributed by atoms with van der Waals surface area (Å²) in [7, 11) is 0. The molecular weight excluding hydrogens is 216 g/mol. The van der Waals surface area contributed by atoms with Gasteiger partial charge in [0, 0.05) is 0 Å². The number of hydrogen-bond donors (Lipinski definition) is 2. The van der Waals surface area contributed by atoms with Gasteiger partial charge >= 0.3 is 5.97 Å². The van der Waals surface area contributed by atoms with Gasteiger partial charge in [-0.3, -0.25) is 9.63 Å². The zero-order chi connectivity index (χ0) is 12.1. The van der Waals surface area contributed by atoms with E-state index in [4.69, 9.17) is 10.8 Å².